The molecule has 1 saturated heterocycles. The van der Waals surface area contributed by atoms with Crippen molar-refractivity contribution in [1.82, 2.24) is 10.2 Å². The minimum absolute atomic E-state index is 0.153. The number of hydrogen-bond donors (Lipinski definition) is 5. The van der Waals surface area contributed by atoms with Crippen molar-refractivity contribution in [3.05, 3.63) is 96.3 Å². The minimum atomic E-state index is -0.227. The van der Waals surface area contributed by atoms with E-state index in [-0.39, 0.29) is 12.0 Å². The summed E-state index contributed by atoms with van der Waals surface area (Å²) in [5.74, 6) is -0.227. The SMILES string of the molecule is O=C(Nc1ccc(Nc2ccc(NCc3ccc(N4CCC(O)CC4)cc3)cc2)cc1)c1ccn[nH]1. The van der Waals surface area contributed by atoms with E-state index in [4.69, 9.17) is 0 Å². The summed E-state index contributed by atoms with van der Waals surface area (Å²) in [6, 6.07) is 26.0. The maximum atomic E-state index is 12.1. The van der Waals surface area contributed by atoms with Crippen LogP contribution in [0.3, 0.4) is 0 Å². The monoisotopic (exact) mass is 482 g/mol. The lowest BCUT2D eigenvalue weighted by Crippen LogP contribution is -2.35. The predicted molar refractivity (Wildman–Crippen MR) is 144 cm³/mol. The van der Waals surface area contributed by atoms with Crippen LogP contribution in [0.1, 0.15) is 28.9 Å². The highest BCUT2D eigenvalue weighted by molar-refractivity contribution is 6.02. The molecule has 184 valence electrons. The Balaban J connectivity index is 1.10. The van der Waals surface area contributed by atoms with E-state index < -0.39 is 0 Å². The van der Waals surface area contributed by atoms with Gasteiger partial charge in [0.05, 0.1) is 6.10 Å². The summed E-state index contributed by atoms with van der Waals surface area (Å²) < 4.78 is 0. The third-order valence-electron chi connectivity index (χ3n) is 6.32. The molecule has 1 aliphatic rings. The van der Waals surface area contributed by atoms with Gasteiger partial charge < -0.3 is 26.0 Å². The second kappa shape index (κ2) is 11.0. The Bertz CT molecular complexity index is 1250. The second-order valence-corrected chi connectivity index (χ2v) is 8.94. The molecule has 0 unspecified atom stereocenters. The number of rotatable bonds is 8. The number of H-pyrrole nitrogens is 1. The summed E-state index contributed by atoms with van der Waals surface area (Å²) in [7, 11) is 0. The molecular weight excluding hydrogens is 452 g/mol. The smallest absolute Gasteiger partial charge is 0.273 e. The predicted octanol–water partition coefficient (Wildman–Crippen LogP) is 4.98. The molecule has 36 heavy (non-hydrogen) atoms. The van der Waals surface area contributed by atoms with E-state index in [1.807, 2.05) is 36.4 Å². The number of carbonyl (C=O) groups excluding carboxylic acids is 1. The normalized spacial score (nSPS) is 13.9. The molecule has 4 aromatic rings. The molecule has 0 bridgehead atoms. The van der Waals surface area contributed by atoms with Gasteiger partial charge in [-0.2, -0.15) is 5.10 Å². The first-order valence-corrected chi connectivity index (χ1v) is 12.2. The van der Waals surface area contributed by atoms with Crippen molar-refractivity contribution in [1.29, 1.82) is 0 Å². The zero-order valence-corrected chi connectivity index (χ0v) is 19.9. The van der Waals surface area contributed by atoms with Crippen molar-refractivity contribution in [2.45, 2.75) is 25.5 Å². The van der Waals surface area contributed by atoms with Gasteiger partial charge in [0, 0.05) is 54.3 Å². The molecule has 5 N–H and O–H groups in total. The van der Waals surface area contributed by atoms with Crippen LogP contribution in [0, 0.1) is 0 Å². The van der Waals surface area contributed by atoms with E-state index in [1.54, 1.807) is 12.3 Å². The van der Waals surface area contributed by atoms with E-state index in [1.165, 1.54) is 11.3 Å². The molecule has 1 aromatic heterocycles. The summed E-state index contributed by atoms with van der Waals surface area (Å²) >= 11 is 0. The van der Waals surface area contributed by atoms with E-state index >= 15 is 0 Å². The summed E-state index contributed by atoms with van der Waals surface area (Å²) in [5, 5.41) is 25.8. The van der Waals surface area contributed by atoms with E-state index in [0.29, 0.717) is 11.4 Å². The van der Waals surface area contributed by atoms with Crippen LogP contribution in [-0.2, 0) is 6.54 Å². The highest BCUT2D eigenvalue weighted by Crippen LogP contribution is 2.23. The van der Waals surface area contributed by atoms with Crippen molar-refractivity contribution in [3.8, 4) is 0 Å². The maximum absolute atomic E-state index is 12.1. The van der Waals surface area contributed by atoms with Crippen LogP contribution in [-0.4, -0.2) is 40.4 Å². The Kier molecular flexibility index (Phi) is 7.14. The van der Waals surface area contributed by atoms with E-state index in [0.717, 1.165) is 49.5 Å². The van der Waals surface area contributed by atoms with Gasteiger partial charge in [0.1, 0.15) is 5.69 Å². The molecule has 0 saturated carbocycles. The summed E-state index contributed by atoms with van der Waals surface area (Å²) in [5.41, 5.74) is 6.52. The molecule has 8 heteroatoms. The van der Waals surface area contributed by atoms with Crippen LogP contribution < -0.4 is 20.9 Å². The lowest BCUT2D eigenvalue weighted by atomic mass is 10.1. The molecule has 2 heterocycles. The quantitative estimate of drug-likeness (QED) is 0.243. The molecule has 0 spiro atoms. The van der Waals surface area contributed by atoms with Gasteiger partial charge in [0.2, 0.25) is 0 Å². The topological polar surface area (TPSA) is 105 Å². The van der Waals surface area contributed by atoms with Gasteiger partial charge in [-0.3, -0.25) is 9.89 Å². The zero-order valence-electron chi connectivity index (χ0n) is 19.9. The van der Waals surface area contributed by atoms with Crippen molar-refractivity contribution in [2.75, 3.05) is 33.9 Å². The van der Waals surface area contributed by atoms with E-state index in [2.05, 4.69) is 67.4 Å². The lowest BCUT2D eigenvalue weighted by molar-refractivity contribution is 0.102. The summed E-state index contributed by atoms with van der Waals surface area (Å²) in [6.45, 7) is 2.56. The number of aliphatic hydroxyl groups is 1. The summed E-state index contributed by atoms with van der Waals surface area (Å²) in [6.07, 6.45) is 3.07. The van der Waals surface area contributed by atoms with Gasteiger partial charge in [0.15, 0.2) is 0 Å². The maximum Gasteiger partial charge on any atom is 0.273 e. The number of aromatic amines is 1. The van der Waals surface area contributed by atoms with Gasteiger partial charge in [-0.25, -0.2) is 0 Å². The van der Waals surface area contributed by atoms with E-state index in [9.17, 15) is 9.90 Å². The first-order chi connectivity index (χ1) is 17.6. The fourth-order valence-corrected chi connectivity index (χ4v) is 4.21. The van der Waals surface area contributed by atoms with Crippen LogP contribution in [0.4, 0.5) is 28.4 Å². The number of benzene rings is 3. The Morgan fingerprint density at radius 2 is 1.47 bits per heavy atom. The molecule has 3 aromatic carbocycles. The number of piperidine rings is 1. The highest BCUT2D eigenvalue weighted by atomic mass is 16.3. The van der Waals surface area contributed by atoms with Crippen LogP contribution in [0.15, 0.2) is 85.1 Å². The first-order valence-electron chi connectivity index (χ1n) is 12.2. The number of nitrogens with zero attached hydrogens (tertiary/aromatic N) is 2. The third-order valence-corrected chi connectivity index (χ3v) is 6.32. The number of nitrogens with one attached hydrogen (secondary N) is 4. The molecule has 1 aliphatic heterocycles. The molecule has 8 nitrogen and oxygen atoms in total. The zero-order chi connectivity index (χ0) is 24.7. The number of amides is 1. The van der Waals surface area contributed by atoms with Gasteiger partial charge in [0.25, 0.3) is 5.91 Å². The van der Waals surface area contributed by atoms with Crippen LogP contribution in [0.25, 0.3) is 0 Å². The average Bonchev–Trinajstić information content (AvgIpc) is 3.46. The number of aromatic nitrogens is 2. The molecule has 0 aliphatic carbocycles. The van der Waals surface area contributed by atoms with Gasteiger partial charge in [-0.05, 0) is 85.1 Å². The Morgan fingerprint density at radius 1 is 0.861 bits per heavy atom. The number of hydrogen-bond acceptors (Lipinski definition) is 6. The Morgan fingerprint density at radius 3 is 2.08 bits per heavy atom. The highest BCUT2D eigenvalue weighted by Gasteiger charge is 2.17. The standard InChI is InChI=1S/C28H30N6O2/c35-26-14-17-34(18-15-26)25-11-1-20(2-12-25)19-29-21-3-5-22(6-4-21)31-23-7-9-24(10-8-23)32-28(36)27-13-16-30-33-27/h1-13,16,26,29,31,35H,14-15,17-19H2,(H,30,33)(H,32,36). The molecular formula is C28H30N6O2. The second-order valence-electron chi connectivity index (χ2n) is 8.94. The number of aliphatic hydroxyl groups excluding tert-OH is 1. The largest absolute Gasteiger partial charge is 0.393 e. The fraction of sp³-hybridized carbons (Fsp3) is 0.214. The van der Waals surface area contributed by atoms with Crippen LogP contribution >= 0.6 is 0 Å². The molecule has 5 rings (SSSR count). The van der Waals surface area contributed by atoms with Crippen LogP contribution in [0.5, 0.6) is 0 Å². The summed E-state index contributed by atoms with van der Waals surface area (Å²) in [4.78, 5) is 14.4. The Labute approximate surface area is 210 Å². The number of anilines is 5. The number of carbonyl (C=O) groups is 1. The minimum Gasteiger partial charge on any atom is -0.393 e. The van der Waals surface area contributed by atoms with Crippen molar-refractivity contribution in [2.24, 2.45) is 0 Å². The van der Waals surface area contributed by atoms with Gasteiger partial charge in [-0.15, -0.1) is 0 Å². The molecule has 1 fully saturated rings. The van der Waals surface area contributed by atoms with Crippen molar-refractivity contribution in [3.63, 3.8) is 0 Å². The third kappa shape index (κ3) is 6.03. The average molecular weight is 483 g/mol. The first kappa shape index (κ1) is 23.4. The van der Waals surface area contributed by atoms with Crippen molar-refractivity contribution >= 4 is 34.3 Å². The lowest BCUT2D eigenvalue weighted by Gasteiger charge is -2.31. The Hall–Kier alpha value is -4.30. The van der Waals surface area contributed by atoms with Gasteiger partial charge >= 0.3 is 0 Å². The molecule has 0 atom stereocenters. The van der Waals surface area contributed by atoms with Gasteiger partial charge in [-0.1, -0.05) is 12.1 Å². The molecule has 0 radical (unpaired) electrons. The molecule has 1 amide bonds. The van der Waals surface area contributed by atoms with Crippen LogP contribution in [0.2, 0.25) is 0 Å². The fourth-order valence-electron chi connectivity index (χ4n) is 4.21. The van der Waals surface area contributed by atoms with Crippen molar-refractivity contribution < 1.29 is 9.90 Å².